The molecule has 0 spiro atoms. The molecule has 28 heavy (non-hydrogen) atoms. The first-order valence-electron chi connectivity index (χ1n) is 8.95. The molecule has 5 amide bonds. The van der Waals surface area contributed by atoms with Gasteiger partial charge in [0.1, 0.15) is 6.04 Å². The molecule has 1 aromatic rings. The molecule has 148 valence electrons. The second-order valence-electron chi connectivity index (χ2n) is 6.84. The fourth-order valence-electron chi connectivity index (χ4n) is 3.21. The minimum Gasteiger partial charge on any atom is -0.348 e. The van der Waals surface area contributed by atoms with E-state index >= 15 is 0 Å². The SMILES string of the molecule is C[C@@H](C(=O)NC1C=CCN(C(=O)[C@@H]2CC(=O)NC(=O)N2)C1)c1cccc(Cl)c1. The second kappa shape index (κ2) is 8.43. The van der Waals surface area contributed by atoms with Gasteiger partial charge in [0.25, 0.3) is 0 Å². The van der Waals surface area contributed by atoms with Gasteiger partial charge in [-0.25, -0.2) is 4.79 Å². The van der Waals surface area contributed by atoms with Crippen molar-refractivity contribution in [3.63, 3.8) is 0 Å². The van der Waals surface area contributed by atoms with Crippen LogP contribution in [0.25, 0.3) is 0 Å². The maximum atomic E-state index is 12.6. The first-order valence-corrected chi connectivity index (χ1v) is 9.33. The lowest BCUT2D eigenvalue weighted by atomic mass is 9.99. The molecular weight excluding hydrogens is 384 g/mol. The van der Waals surface area contributed by atoms with Crippen molar-refractivity contribution < 1.29 is 19.2 Å². The molecule has 1 fully saturated rings. The third-order valence-corrected chi connectivity index (χ3v) is 4.97. The van der Waals surface area contributed by atoms with Gasteiger partial charge in [0.15, 0.2) is 0 Å². The highest BCUT2D eigenvalue weighted by molar-refractivity contribution is 6.30. The fraction of sp³-hybridized carbons (Fsp3) is 0.368. The lowest BCUT2D eigenvalue weighted by molar-refractivity contribution is -0.136. The number of carbonyl (C=O) groups excluding carboxylic acids is 4. The number of halogens is 1. The van der Waals surface area contributed by atoms with Crippen LogP contribution in [0.5, 0.6) is 0 Å². The molecular formula is C19H21ClN4O4. The topological polar surface area (TPSA) is 108 Å². The van der Waals surface area contributed by atoms with Crippen molar-refractivity contribution in [3.05, 3.63) is 47.0 Å². The van der Waals surface area contributed by atoms with E-state index < -0.39 is 23.9 Å². The molecule has 2 heterocycles. The summed E-state index contributed by atoms with van der Waals surface area (Å²) in [5, 5.41) is 8.03. The number of hydrogen-bond acceptors (Lipinski definition) is 4. The molecule has 0 aromatic heterocycles. The van der Waals surface area contributed by atoms with Gasteiger partial charge in [-0.3, -0.25) is 19.7 Å². The van der Waals surface area contributed by atoms with Gasteiger partial charge in [-0.15, -0.1) is 0 Å². The van der Waals surface area contributed by atoms with E-state index in [1.165, 1.54) is 4.90 Å². The Balaban J connectivity index is 1.60. The zero-order valence-corrected chi connectivity index (χ0v) is 16.0. The molecule has 1 aromatic carbocycles. The molecule has 0 saturated carbocycles. The van der Waals surface area contributed by atoms with Crippen LogP contribution in [-0.2, 0) is 14.4 Å². The predicted molar refractivity (Wildman–Crippen MR) is 103 cm³/mol. The molecule has 3 rings (SSSR count). The monoisotopic (exact) mass is 404 g/mol. The lowest BCUT2D eigenvalue weighted by Gasteiger charge is -2.33. The summed E-state index contributed by atoms with van der Waals surface area (Å²) in [5.74, 6) is -1.43. The van der Waals surface area contributed by atoms with Gasteiger partial charge in [0.2, 0.25) is 17.7 Å². The number of amides is 5. The number of carbonyl (C=O) groups is 4. The predicted octanol–water partition coefficient (Wildman–Crippen LogP) is 0.925. The Morgan fingerprint density at radius 2 is 2.11 bits per heavy atom. The van der Waals surface area contributed by atoms with Crippen molar-refractivity contribution in [3.8, 4) is 0 Å². The van der Waals surface area contributed by atoms with Crippen molar-refractivity contribution in [2.75, 3.05) is 13.1 Å². The number of urea groups is 1. The minimum absolute atomic E-state index is 0.104. The van der Waals surface area contributed by atoms with Crippen molar-refractivity contribution in [2.45, 2.75) is 31.3 Å². The molecule has 0 bridgehead atoms. The van der Waals surface area contributed by atoms with E-state index in [-0.39, 0.29) is 30.8 Å². The van der Waals surface area contributed by atoms with E-state index in [0.717, 1.165) is 5.56 Å². The molecule has 3 atom stereocenters. The average molecular weight is 405 g/mol. The Kier molecular flexibility index (Phi) is 5.99. The summed E-state index contributed by atoms with van der Waals surface area (Å²) in [6.45, 7) is 2.40. The summed E-state index contributed by atoms with van der Waals surface area (Å²) >= 11 is 5.99. The molecule has 3 N–H and O–H groups in total. The molecule has 0 radical (unpaired) electrons. The summed E-state index contributed by atoms with van der Waals surface area (Å²) in [6, 6.07) is 5.18. The standard InChI is InChI=1S/C19H21ClN4O4/c1-11(12-4-2-5-13(20)8-12)17(26)21-14-6-3-7-24(10-14)18(27)15-9-16(25)23-19(28)22-15/h2-6,8,11,14-15H,7,9-10H2,1H3,(H,21,26)(H2,22,23,25,28)/t11-,14?,15+/m1/s1. The highest BCUT2D eigenvalue weighted by Crippen LogP contribution is 2.20. The van der Waals surface area contributed by atoms with E-state index in [4.69, 9.17) is 11.6 Å². The largest absolute Gasteiger partial charge is 0.348 e. The Labute approximate surface area is 167 Å². The number of rotatable bonds is 4. The van der Waals surface area contributed by atoms with Crippen LogP contribution in [0.15, 0.2) is 36.4 Å². The minimum atomic E-state index is -0.894. The summed E-state index contributed by atoms with van der Waals surface area (Å²) < 4.78 is 0. The van der Waals surface area contributed by atoms with E-state index in [1.807, 2.05) is 12.1 Å². The van der Waals surface area contributed by atoms with E-state index in [1.54, 1.807) is 31.2 Å². The van der Waals surface area contributed by atoms with Gasteiger partial charge in [0, 0.05) is 18.1 Å². The van der Waals surface area contributed by atoms with E-state index in [2.05, 4.69) is 16.0 Å². The zero-order valence-electron chi connectivity index (χ0n) is 15.3. The number of hydrogen-bond donors (Lipinski definition) is 3. The van der Waals surface area contributed by atoms with Crippen molar-refractivity contribution >= 4 is 35.4 Å². The number of nitrogens with zero attached hydrogens (tertiary/aromatic N) is 1. The first kappa shape index (κ1) is 19.9. The van der Waals surface area contributed by atoms with Gasteiger partial charge in [-0.1, -0.05) is 35.9 Å². The molecule has 1 unspecified atom stereocenters. The number of nitrogens with one attached hydrogen (secondary N) is 3. The van der Waals surface area contributed by atoms with Crippen molar-refractivity contribution in [2.24, 2.45) is 0 Å². The lowest BCUT2D eigenvalue weighted by Crippen LogP contribution is -2.60. The van der Waals surface area contributed by atoms with E-state index in [9.17, 15) is 19.2 Å². The van der Waals surface area contributed by atoms with Crippen LogP contribution < -0.4 is 16.0 Å². The summed E-state index contributed by atoms with van der Waals surface area (Å²) in [5.41, 5.74) is 0.800. The third-order valence-electron chi connectivity index (χ3n) is 4.74. The number of imide groups is 1. The van der Waals surface area contributed by atoms with Gasteiger partial charge < -0.3 is 15.5 Å². The second-order valence-corrected chi connectivity index (χ2v) is 7.28. The van der Waals surface area contributed by atoms with Gasteiger partial charge in [-0.05, 0) is 24.6 Å². The van der Waals surface area contributed by atoms with Crippen molar-refractivity contribution in [1.82, 2.24) is 20.9 Å². The van der Waals surface area contributed by atoms with Crippen LogP contribution in [0.1, 0.15) is 24.8 Å². The maximum Gasteiger partial charge on any atom is 0.322 e. The fourth-order valence-corrected chi connectivity index (χ4v) is 3.41. The molecule has 9 heteroatoms. The number of benzene rings is 1. The maximum absolute atomic E-state index is 12.6. The molecule has 1 saturated heterocycles. The van der Waals surface area contributed by atoms with Crippen LogP contribution in [0.4, 0.5) is 4.79 Å². The smallest absolute Gasteiger partial charge is 0.322 e. The van der Waals surface area contributed by atoms with Crippen LogP contribution in [0, 0.1) is 0 Å². The normalized spacial score (nSPS) is 22.9. The highest BCUT2D eigenvalue weighted by atomic mass is 35.5. The Bertz CT molecular complexity index is 825. The van der Waals surface area contributed by atoms with Crippen molar-refractivity contribution in [1.29, 1.82) is 0 Å². The summed E-state index contributed by atoms with van der Waals surface area (Å²) in [7, 11) is 0. The quantitative estimate of drug-likeness (QED) is 0.648. The van der Waals surface area contributed by atoms with Crippen LogP contribution in [0.2, 0.25) is 5.02 Å². The van der Waals surface area contributed by atoms with Crippen LogP contribution >= 0.6 is 11.6 Å². The average Bonchev–Trinajstić information content (AvgIpc) is 2.66. The van der Waals surface area contributed by atoms with Gasteiger partial charge >= 0.3 is 6.03 Å². The van der Waals surface area contributed by atoms with E-state index in [0.29, 0.717) is 11.6 Å². The third kappa shape index (κ3) is 4.69. The Hall–Kier alpha value is -2.87. The molecule has 2 aliphatic heterocycles. The van der Waals surface area contributed by atoms with Gasteiger partial charge in [0.05, 0.1) is 18.4 Å². The Morgan fingerprint density at radius 3 is 2.82 bits per heavy atom. The molecule has 0 aliphatic carbocycles. The Morgan fingerprint density at radius 1 is 1.32 bits per heavy atom. The summed E-state index contributed by atoms with van der Waals surface area (Å²) in [4.78, 5) is 49.6. The highest BCUT2D eigenvalue weighted by Gasteiger charge is 2.33. The van der Waals surface area contributed by atoms with Gasteiger partial charge in [-0.2, -0.15) is 0 Å². The molecule has 8 nitrogen and oxygen atoms in total. The summed E-state index contributed by atoms with van der Waals surface area (Å²) in [6.07, 6.45) is 3.51. The molecule has 2 aliphatic rings. The van der Waals surface area contributed by atoms with Crippen LogP contribution in [0.3, 0.4) is 0 Å². The first-order chi connectivity index (χ1) is 13.3. The zero-order chi connectivity index (χ0) is 20.3. The van der Waals surface area contributed by atoms with Crippen LogP contribution in [-0.4, -0.2) is 53.8 Å².